The van der Waals surface area contributed by atoms with Gasteiger partial charge in [-0.25, -0.2) is 19.4 Å². The zero-order valence-electron chi connectivity index (χ0n) is 14.0. The summed E-state index contributed by atoms with van der Waals surface area (Å²) in [5.41, 5.74) is 1.57. The third-order valence-electron chi connectivity index (χ3n) is 4.09. The number of nitrogens with zero attached hydrogens (tertiary/aromatic N) is 5. The molecule has 0 saturated carbocycles. The maximum Gasteiger partial charge on any atom is 0.324 e. The number of carbonyl (C=O) groups excluding carboxylic acids is 2. The van der Waals surface area contributed by atoms with E-state index in [4.69, 9.17) is 0 Å². The van der Waals surface area contributed by atoms with Crippen molar-refractivity contribution in [3.63, 3.8) is 0 Å². The van der Waals surface area contributed by atoms with Gasteiger partial charge in [-0.2, -0.15) is 5.10 Å². The van der Waals surface area contributed by atoms with E-state index >= 15 is 0 Å². The average Bonchev–Trinajstić information content (AvgIpc) is 3.28. The van der Waals surface area contributed by atoms with Gasteiger partial charge in [0.15, 0.2) is 5.65 Å². The van der Waals surface area contributed by atoms with E-state index in [-0.39, 0.29) is 11.9 Å². The number of imide groups is 1. The minimum Gasteiger partial charge on any atom is -0.336 e. The number of rotatable bonds is 4. The maximum atomic E-state index is 12.5. The van der Waals surface area contributed by atoms with Gasteiger partial charge in [0.1, 0.15) is 11.4 Å². The third-order valence-corrected chi connectivity index (χ3v) is 5.19. The van der Waals surface area contributed by atoms with E-state index in [9.17, 15) is 9.59 Å². The maximum absolute atomic E-state index is 12.5. The van der Waals surface area contributed by atoms with Crippen LogP contribution in [0.3, 0.4) is 0 Å². The smallest absolute Gasteiger partial charge is 0.324 e. The normalized spacial score (nSPS) is 15.3. The molecular formula is C17H16N6O2S. The van der Waals surface area contributed by atoms with Crippen LogP contribution in [0.15, 0.2) is 47.9 Å². The number of benzene rings is 1. The lowest BCUT2D eigenvalue weighted by atomic mass is 10.3. The summed E-state index contributed by atoms with van der Waals surface area (Å²) in [7, 11) is 0. The monoisotopic (exact) mass is 368 g/mol. The number of para-hydroxylation sites is 1. The molecule has 0 unspecified atom stereocenters. The summed E-state index contributed by atoms with van der Waals surface area (Å²) in [6, 6.07) is 9.35. The highest BCUT2D eigenvalue weighted by Crippen LogP contribution is 2.29. The van der Waals surface area contributed by atoms with Crippen LogP contribution >= 0.6 is 11.8 Å². The molecule has 1 aromatic carbocycles. The number of aromatic nitrogens is 4. The second-order valence-corrected chi connectivity index (χ2v) is 7.12. The van der Waals surface area contributed by atoms with Crippen LogP contribution in [0.4, 0.5) is 4.79 Å². The Morgan fingerprint density at radius 3 is 2.81 bits per heavy atom. The van der Waals surface area contributed by atoms with Gasteiger partial charge in [-0.15, -0.1) is 0 Å². The highest BCUT2D eigenvalue weighted by molar-refractivity contribution is 8.00. The highest BCUT2D eigenvalue weighted by Gasteiger charge is 2.30. The molecule has 2 aromatic heterocycles. The molecule has 1 aliphatic heterocycles. The van der Waals surface area contributed by atoms with E-state index in [0.29, 0.717) is 23.8 Å². The van der Waals surface area contributed by atoms with Crippen LogP contribution in [0.2, 0.25) is 0 Å². The largest absolute Gasteiger partial charge is 0.336 e. The molecule has 1 N–H and O–H groups in total. The van der Waals surface area contributed by atoms with E-state index in [2.05, 4.69) is 20.4 Å². The zero-order valence-corrected chi connectivity index (χ0v) is 14.8. The molecule has 3 heterocycles. The Kier molecular flexibility index (Phi) is 4.29. The summed E-state index contributed by atoms with van der Waals surface area (Å²) in [6.45, 7) is 2.66. The van der Waals surface area contributed by atoms with Crippen molar-refractivity contribution in [1.29, 1.82) is 0 Å². The van der Waals surface area contributed by atoms with E-state index < -0.39 is 5.25 Å². The number of thioether (sulfide) groups is 1. The van der Waals surface area contributed by atoms with Gasteiger partial charge in [-0.05, 0) is 19.1 Å². The van der Waals surface area contributed by atoms with Crippen LogP contribution in [0.1, 0.15) is 6.92 Å². The van der Waals surface area contributed by atoms with Crippen molar-refractivity contribution in [2.24, 2.45) is 0 Å². The molecular weight excluding hydrogens is 352 g/mol. The molecule has 132 valence electrons. The van der Waals surface area contributed by atoms with Crippen molar-refractivity contribution in [1.82, 2.24) is 30.0 Å². The zero-order chi connectivity index (χ0) is 18.1. The lowest BCUT2D eigenvalue weighted by Crippen LogP contribution is -2.38. The topological polar surface area (TPSA) is 93.0 Å². The van der Waals surface area contributed by atoms with E-state index in [1.807, 2.05) is 30.3 Å². The second-order valence-electron chi connectivity index (χ2n) is 5.79. The first-order valence-corrected chi connectivity index (χ1v) is 9.03. The van der Waals surface area contributed by atoms with Gasteiger partial charge in [0, 0.05) is 13.1 Å². The number of nitrogens with one attached hydrogen (secondary N) is 1. The number of hydrogen-bond donors (Lipinski definition) is 1. The van der Waals surface area contributed by atoms with Gasteiger partial charge in [-0.1, -0.05) is 30.0 Å². The molecule has 1 atom stereocenters. The molecule has 1 saturated heterocycles. The fraction of sp³-hybridized carbons (Fsp3) is 0.235. The van der Waals surface area contributed by atoms with E-state index in [0.717, 1.165) is 11.1 Å². The number of urea groups is 1. The van der Waals surface area contributed by atoms with Crippen LogP contribution in [0, 0.1) is 0 Å². The van der Waals surface area contributed by atoms with Gasteiger partial charge in [0.25, 0.3) is 0 Å². The summed E-state index contributed by atoms with van der Waals surface area (Å²) in [4.78, 5) is 34.1. The van der Waals surface area contributed by atoms with Crippen LogP contribution in [0.25, 0.3) is 16.7 Å². The Labute approximate surface area is 153 Å². The Balaban J connectivity index is 1.62. The number of amides is 3. The first kappa shape index (κ1) is 16.5. The summed E-state index contributed by atoms with van der Waals surface area (Å²) in [6.07, 6.45) is 3.16. The van der Waals surface area contributed by atoms with E-state index in [1.54, 1.807) is 17.8 Å². The summed E-state index contributed by atoms with van der Waals surface area (Å²) >= 11 is 1.30. The Morgan fingerprint density at radius 2 is 2.08 bits per heavy atom. The predicted octanol–water partition coefficient (Wildman–Crippen LogP) is 1.85. The lowest BCUT2D eigenvalue weighted by molar-refractivity contribution is -0.126. The van der Waals surface area contributed by atoms with Crippen molar-refractivity contribution in [3.8, 4) is 5.69 Å². The molecule has 0 bridgehead atoms. The van der Waals surface area contributed by atoms with Crippen molar-refractivity contribution in [2.75, 3.05) is 13.1 Å². The Hall–Kier alpha value is -2.94. The fourth-order valence-electron chi connectivity index (χ4n) is 2.79. The molecule has 9 heteroatoms. The number of carbonyl (C=O) groups is 2. The molecule has 0 radical (unpaired) electrons. The van der Waals surface area contributed by atoms with Crippen molar-refractivity contribution in [3.05, 3.63) is 42.9 Å². The number of fused-ring (bicyclic) bond motifs is 1. The molecule has 26 heavy (non-hydrogen) atoms. The van der Waals surface area contributed by atoms with Gasteiger partial charge in [0.05, 0.1) is 22.5 Å². The Morgan fingerprint density at radius 1 is 1.27 bits per heavy atom. The minimum atomic E-state index is -0.447. The molecule has 0 aliphatic carbocycles. The molecule has 1 fully saturated rings. The van der Waals surface area contributed by atoms with Crippen LogP contribution in [0.5, 0.6) is 0 Å². The van der Waals surface area contributed by atoms with Crippen molar-refractivity contribution in [2.45, 2.75) is 17.2 Å². The first-order valence-electron chi connectivity index (χ1n) is 8.15. The molecule has 3 amide bonds. The van der Waals surface area contributed by atoms with Gasteiger partial charge in [0.2, 0.25) is 5.91 Å². The molecule has 0 spiro atoms. The molecule has 3 aromatic rings. The molecule has 8 nitrogen and oxygen atoms in total. The van der Waals surface area contributed by atoms with Crippen molar-refractivity contribution >= 4 is 34.7 Å². The third kappa shape index (κ3) is 2.90. The van der Waals surface area contributed by atoms with E-state index in [1.165, 1.54) is 23.0 Å². The average molecular weight is 368 g/mol. The van der Waals surface area contributed by atoms with Crippen LogP contribution in [-0.4, -0.2) is 54.9 Å². The molecule has 4 rings (SSSR count). The molecule has 1 aliphatic rings. The quantitative estimate of drug-likeness (QED) is 0.558. The highest BCUT2D eigenvalue weighted by atomic mass is 32.2. The number of hydrogen-bond acceptors (Lipinski definition) is 6. The van der Waals surface area contributed by atoms with Crippen molar-refractivity contribution < 1.29 is 9.59 Å². The van der Waals surface area contributed by atoms with Crippen LogP contribution in [-0.2, 0) is 4.79 Å². The lowest BCUT2D eigenvalue weighted by Gasteiger charge is -2.17. The standard InChI is InChI=1S/C17H16N6O2S/c1-11(16(24)22-8-7-18-17(22)25)26-15-13-9-21-23(14(13)19-10-20-15)12-5-3-2-4-6-12/h2-6,9-11H,7-8H2,1H3,(H,18,25)/t11-/m0/s1. The minimum absolute atomic E-state index is 0.229. The van der Waals surface area contributed by atoms with Crippen LogP contribution < -0.4 is 5.32 Å². The summed E-state index contributed by atoms with van der Waals surface area (Å²) < 4.78 is 1.74. The summed E-state index contributed by atoms with van der Waals surface area (Å²) in [5, 5.41) is 8.04. The Bertz CT molecular complexity index is 974. The van der Waals surface area contributed by atoms with Gasteiger partial charge in [-0.3, -0.25) is 9.69 Å². The summed E-state index contributed by atoms with van der Waals surface area (Å²) in [5.74, 6) is -0.229. The first-order chi connectivity index (χ1) is 12.6. The van der Waals surface area contributed by atoms with Gasteiger partial charge >= 0.3 is 6.03 Å². The SMILES string of the molecule is C[C@H](Sc1ncnc2c1cnn2-c1ccccc1)C(=O)N1CCNC1=O. The fourth-order valence-corrected chi connectivity index (χ4v) is 3.74. The predicted molar refractivity (Wildman–Crippen MR) is 97.1 cm³/mol. The second kappa shape index (κ2) is 6.75. The van der Waals surface area contributed by atoms with Gasteiger partial charge < -0.3 is 5.32 Å².